The van der Waals surface area contributed by atoms with Crippen molar-refractivity contribution in [2.45, 2.75) is 141 Å². The van der Waals surface area contributed by atoms with Gasteiger partial charge in [-0.3, -0.25) is 19.2 Å². The Bertz CT molecular complexity index is 1390. The molecule has 5 rings (SSSR count). The van der Waals surface area contributed by atoms with E-state index in [1.54, 1.807) is 11.9 Å². The van der Waals surface area contributed by atoms with E-state index in [-0.39, 0.29) is 60.0 Å². The van der Waals surface area contributed by atoms with Crippen molar-refractivity contribution in [2.75, 3.05) is 26.7 Å². The molecule has 13 nitrogen and oxygen atoms in total. The Morgan fingerprint density at radius 2 is 1.43 bits per heavy atom. The fraction of sp³-hybridized carbons (Fsp3) is 0.800. The number of nitrogens with zero attached hydrogens (tertiary/aromatic N) is 2. The van der Waals surface area contributed by atoms with E-state index in [2.05, 4.69) is 41.7 Å². The topological polar surface area (TPSA) is 166 Å². The highest BCUT2D eigenvalue weighted by Crippen LogP contribution is 2.65. The summed E-state index contributed by atoms with van der Waals surface area (Å²) in [5, 5.41) is 11.7. The molecule has 1 heterocycles. The van der Waals surface area contributed by atoms with Crippen LogP contribution in [0, 0.1) is 35.0 Å². The summed E-state index contributed by atoms with van der Waals surface area (Å²) >= 11 is 0. The monoisotopic (exact) mass is 740 g/mol. The summed E-state index contributed by atoms with van der Waals surface area (Å²) in [4.78, 5) is 84.8. The summed E-state index contributed by atoms with van der Waals surface area (Å²) in [6, 6.07) is -3.42. The molecule has 5 fully saturated rings. The molecule has 5 aliphatic rings. The van der Waals surface area contributed by atoms with Crippen molar-refractivity contribution in [2.24, 2.45) is 35.0 Å². The lowest BCUT2D eigenvalue weighted by Gasteiger charge is -2.38. The van der Waals surface area contributed by atoms with E-state index in [1.165, 1.54) is 11.0 Å². The standard InChI is InChI=1S/C40H64N6O7/c1-8-21-41-35(49)33(47)30(26-19-20-26)43-34(48)32-29-27(40(29,5)6)22-46(32)36(50)31(25-17-13-10-14-18-25)44-37(51)42-28(24-15-11-9-12-16-24)23-45(7)38(52)53-39(2,3)4/h8,24-32H,1,9-23H2,2-7H3,(H,41,49)(H,43,48)(H2,42,44,51)/t27-,28+,29-,30?,31-,32-/m0/s1. The first-order chi connectivity index (χ1) is 25.0. The summed E-state index contributed by atoms with van der Waals surface area (Å²) < 4.78 is 5.60. The molecule has 1 unspecified atom stereocenters. The zero-order valence-corrected chi connectivity index (χ0v) is 32.8. The first kappa shape index (κ1) is 40.5. The molecule has 0 aromatic carbocycles. The van der Waals surface area contributed by atoms with Gasteiger partial charge in [0.15, 0.2) is 0 Å². The lowest BCUT2D eigenvalue weighted by Crippen LogP contribution is -2.61. The Morgan fingerprint density at radius 3 is 2.00 bits per heavy atom. The zero-order valence-electron chi connectivity index (χ0n) is 32.8. The molecule has 0 bridgehead atoms. The van der Waals surface area contributed by atoms with E-state index >= 15 is 0 Å². The van der Waals surface area contributed by atoms with Crippen molar-refractivity contribution in [3.63, 3.8) is 0 Å². The van der Waals surface area contributed by atoms with E-state index in [9.17, 15) is 28.8 Å². The van der Waals surface area contributed by atoms with Gasteiger partial charge >= 0.3 is 12.1 Å². The molecule has 0 spiro atoms. The first-order valence-electron chi connectivity index (χ1n) is 20.1. The lowest BCUT2D eigenvalue weighted by atomic mass is 9.82. The number of nitrogens with one attached hydrogen (secondary N) is 4. The van der Waals surface area contributed by atoms with E-state index in [0.717, 1.165) is 77.0 Å². The number of fused-ring (bicyclic) bond motifs is 1. The third kappa shape index (κ3) is 9.92. The van der Waals surface area contributed by atoms with Gasteiger partial charge in [-0.25, -0.2) is 9.59 Å². The van der Waals surface area contributed by atoms with Crippen molar-refractivity contribution in [3.05, 3.63) is 12.7 Å². The van der Waals surface area contributed by atoms with Crippen LogP contribution in [0.5, 0.6) is 0 Å². The molecule has 6 atom stereocenters. The van der Waals surface area contributed by atoms with Crippen LogP contribution in [-0.4, -0.2) is 102 Å². The van der Waals surface area contributed by atoms with E-state index in [0.29, 0.717) is 6.54 Å². The minimum Gasteiger partial charge on any atom is -0.444 e. The number of rotatable bonds is 14. The van der Waals surface area contributed by atoms with Crippen molar-refractivity contribution < 1.29 is 33.5 Å². The van der Waals surface area contributed by atoms with Crippen LogP contribution in [0.25, 0.3) is 0 Å². The quantitative estimate of drug-likeness (QED) is 0.152. The van der Waals surface area contributed by atoms with Gasteiger partial charge in [0.1, 0.15) is 23.7 Å². The summed E-state index contributed by atoms with van der Waals surface area (Å²) in [5.41, 5.74) is -0.823. The Labute approximate surface area is 315 Å². The Kier molecular flexibility index (Phi) is 12.8. The van der Waals surface area contributed by atoms with Gasteiger partial charge in [0.2, 0.25) is 17.6 Å². The molecular formula is C40H64N6O7. The number of carbonyl (C=O) groups excluding carboxylic acids is 6. The predicted octanol–water partition coefficient (Wildman–Crippen LogP) is 4.30. The fourth-order valence-electron chi connectivity index (χ4n) is 9.21. The average molecular weight is 741 g/mol. The van der Waals surface area contributed by atoms with Gasteiger partial charge in [-0.2, -0.15) is 0 Å². The number of likely N-dealkylation sites (N-methyl/N-ethyl adjacent to an activating group) is 1. The van der Waals surface area contributed by atoms with Gasteiger partial charge in [-0.15, -0.1) is 6.58 Å². The molecule has 4 aliphatic carbocycles. The number of Topliss-reactive ketones (excluding diaryl/α,β-unsaturated/α-hetero) is 1. The van der Waals surface area contributed by atoms with Crippen LogP contribution >= 0.6 is 0 Å². The van der Waals surface area contributed by atoms with Crippen molar-refractivity contribution >= 4 is 35.6 Å². The molecule has 13 heteroatoms. The summed E-state index contributed by atoms with van der Waals surface area (Å²) in [7, 11) is 1.68. The summed E-state index contributed by atoms with van der Waals surface area (Å²) in [6.45, 7) is 14.0. The first-order valence-corrected chi connectivity index (χ1v) is 20.1. The number of likely N-dealkylation sites (tertiary alicyclic amines) is 1. The van der Waals surface area contributed by atoms with Crippen LogP contribution in [0.3, 0.4) is 0 Å². The number of piperidine rings is 1. The molecule has 0 aromatic heterocycles. The van der Waals surface area contributed by atoms with Gasteiger partial charge in [0.05, 0.1) is 6.04 Å². The lowest BCUT2D eigenvalue weighted by molar-refractivity contribution is -0.145. The van der Waals surface area contributed by atoms with Gasteiger partial charge in [0, 0.05) is 26.7 Å². The molecule has 296 valence electrons. The molecule has 0 radical (unpaired) electrons. The van der Waals surface area contributed by atoms with Gasteiger partial charge < -0.3 is 35.8 Å². The minimum absolute atomic E-state index is 0.0949. The second kappa shape index (κ2) is 16.8. The summed E-state index contributed by atoms with van der Waals surface area (Å²) in [6.07, 6.45) is 12.1. The van der Waals surface area contributed by atoms with Gasteiger partial charge in [-0.1, -0.05) is 58.4 Å². The highest BCUT2D eigenvalue weighted by atomic mass is 16.6. The number of ketones is 1. The third-order valence-corrected chi connectivity index (χ3v) is 12.4. The second-order valence-corrected chi connectivity index (χ2v) is 17.9. The average Bonchev–Trinajstić information content (AvgIpc) is 4.00. The molecule has 4 saturated carbocycles. The largest absolute Gasteiger partial charge is 0.444 e. The van der Waals surface area contributed by atoms with Crippen LogP contribution in [0.2, 0.25) is 0 Å². The Balaban J connectivity index is 1.33. The molecule has 53 heavy (non-hydrogen) atoms. The SMILES string of the molecule is C=CCNC(=O)C(=O)C(NC(=O)[C@@H]1[C@@H]2[C@H](CN1C(=O)[C@@H](NC(=O)N[C@H](CN(C)C(=O)OC(C)(C)C)C1CCCCC1)C1CCCCC1)C2(C)C)C1CC1. The van der Waals surface area contributed by atoms with Crippen LogP contribution in [0.15, 0.2) is 12.7 Å². The molecular weight excluding hydrogens is 676 g/mol. The second-order valence-electron chi connectivity index (χ2n) is 17.9. The highest BCUT2D eigenvalue weighted by Gasteiger charge is 2.70. The molecule has 4 N–H and O–H groups in total. The smallest absolute Gasteiger partial charge is 0.410 e. The molecule has 0 aromatic rings. The zero-order chi connectivity index (χ0) is 38.7. The van der Waals surface area contributed by atoms with E-state index in [4.69, 9.17) is 4.74 Å². The molecule has 1 aliphatic heterocycles. The number of amides is 6. The minimum atomic E-state index is -0.959. The number of ether oxygens (including phenoxy) is 1. The van der Waals surface area contributed by atoms with Crippen LogP contribution < -0.4 is 21.3 Å². The number of hydrogen-bond donors (Lipinski definition) is 4. The normalized spacial score (nSPS) is 25.8. The van der Waals surface area contributed by atoms with Crippen molar-refractivity contribution in [1.82, 2.24) is 31.1 Å². The number of urea groups is 1. The third-order valence-electron chi connectivity index (χ3n) is 12.4. The van der Waals surface area contributed by atoms with Crippen LogP contribution in [-0.2, 0) is 23.9 Å². The molecule has 6 amide bonds. The Hall–Kier alpha value is -3.64. The number of carbonyl (C=O) groups is 6. The van der Waals surface area contributed by atoms with E-state index < -0.39 is 53.4 Å². The highest BCUT2D eigenvalue weighted by molar-refractivity contribution is 6.38. The van der Waals surface area contributed by atoms with Gasteiger partial charge in [-0.05, 0) is 94.3 Å². The Morgan fingerprint density at radius 1 is 0.849 bits per heavy atom. The van der Waals surface area contributed by atoms with Crippen LogP contribution in [0.4, 0.5) is 9.59 Å². The van der Waals surface area contributed by atoms with Crippen LogP contribution in [0.1, 0.15) is 112 Å². The maximum Gasteiger partial charge on any atom is 0.410 e. The maximum absolute atomic E-state index is 14.7. The molecule has 1 saturated heterocycles. The summed E-state index contributed by atoms with van der Waals surface area (Å²) in [5.74, 6) is -2.20. The van der Waals surface area contributed by atoms with Crippen molar-refractivity contribution in [3.8, 4) is 0 Å². The van der Waals surface area contributed by atoms with E-state index in [1.807, 2.05) is 20.8 Å². The predicted molar refractivity (Wildman–Crippen MR) is 200 cm³/mol. The number of hydrogen-bond acceptors (Lipinski definition) is 7. The van der Waals surface area contributed by atoms with Gasteiger partial charge in [0.25, 0.3) is 5.91 Å². The maximum atomic E-state index is 14.7. The fourth-order valence-corrected chi connectivity index (χ4v) is 9.21. The van der Waals surface area contributed by atoms with Crippen molar-refractivity contribution in [1.29, 1.82) is 0 Å².